The fraction of sp³-hybridized carbons (Fsp3) is 0.308. The molecule has 0 amide bonds. The molecule has 1 heterocycles. The normalized spacial score (nSPS) is 11.6. The lowest BCUT2D eigenvalue weighted by atomic mass is 10.2. The number of rotatable bonds is 3. The molecule has 0 atom stereocenters. The van der Waals surface area contributed by atoms with Gasteiger partial charge >= 0.3 is 0 Å². The van der Waals surface area contributed by atoms with Gasteiger partial charge in [-0.2, -0.15) is 5.10 Å². The quantitative estimate of drug-likeness (QED) is 0.844. The summed E-state index contributed by atoms with van der Waals surface area (Å²) in [6.07, 6.45) is 0. The second kappa shape index (κ2) is 4.82. The Balaban J connectivity index is 2.49. The molecule has 0 aliphatic carbocycles. The number of nitrogens with two attached hydrogens (primary N) is 1. The predicted octanol–water partition coefficient (Wildman–Crippen LogP) is 1.73. The van der Waals surface area contributed by atoms with Crippen LogP contribution in [0.5, 0.6) is 0 Å². The van der Waals surface area contributed by atoms with Crippen LogP contribution in [0.2, 0.25) is 0 Å². The molecule has 6 nitrogen and oxygen atoms in total. The monoisotopic (exact) mass is 294 g/mol. The molecule has 2 aromatic rings. The number of hydrogen-bond acceptors (Lipinski definition) is 4. The van der Waals surface area contributed by atoms with Crippen molar-refractivity contribution in [2.45, 2.75) is 25.7 Å². The largest absolute Gasteiger partial charge is 0.398 e. The minimum atomic E-state index is -3.68. The van der Waals surface area contributed by atoms with E-state index >= 15 is 0 Å². The smallest absolute Gasteiger partial charge is 0.262 e. The molecule has 2 rings (SSSR count). The Bertz CT molecular complexity index is 763. The van der Waals surface area contributed by atoms with Gasteiger partial charge in [-0.25, -0.2) is 8.42 Å². The van der Waals surface area contributed by atoms with E-state index in [1.54, 1.807) is 37.7 Å². The van der Waals surface area contributed by atoms with Crippen molar-refractivity contribution in [2.75, 3.05) is 10.5 Å². The molecule has 0 unspecified atom stereocenters. The maximum absolute atomic E-state index is 12.5. The zero-order valence-corrected chi connectivity index (χ0v) is 12.7. The Morgan fingerprint density at radius 3 is 2.45 bits per heavy atom. The Hall–Kier alpha value is -2.02. The number of nitrogens with zero attached hydrogens (tertiary/aromatic N) is 2. The van der Waals surface area contributed by atoms with Gasteiger partial charge < -0.3 is 5.73 Å². The minimum Gasteiger partial charge on any atom is -0.398 e. The molecule has 3 N–H and O–H groups in total. The lowest BCUT2D eigenvalue weighted by molar-refractivity contribution is 0.600. The molecule has 0 saturated heterocycles. The van der Waals surface area contributed by atoms with E-state index in [0.29, 0.717) is 22.6 Å². The van der Waals surface area contributed by atoms with Crippen LogP contribution >= 0.6 is 0 Å². The number of benzene rings is 1. The van der Waals surface area contributed by atoms with Crippen molar-refractivity contribution in [3.05, 3.63) is 35.2 Å². The second-order valence-electron chi connectivity index (χ2n) is 4.75. The Morgan fingerprint density at radius 2 is 1.90 bits per heavy atom. The SMILES string of the molecule is Cc1nn(C)c(C)c1NS(=O)(=O)c1cccc(N)c1C. The molecule has 1 aromatic heterocycles. The Labute approximate surface area is 118 Å². The van der Waals surface area contributed by atoms with Crippen LogP contribution in [0.1, 0.15) is 17.0 Å². The fourth-order valence-electron chi connectivity index (χ4n) is 2.03. The maximum Gasteiger partial charge on any atom is 0.262 e. The van der Waals surface area contributed by atoms with Gasteiger partial charge in [0.2, 0.25) is 0 Å². The van der Waals surface area contributed by atoms with Gasteiger partial charge in [-0.05, 0) is 38.5 Å². The fourth-order valence-corrected chi connectivity index (χ4v) is 3.49. The third-order valence-electron chi connectivity index (χ3n) is 3.36. The molecular formula is C13H18N4O2S. The molecule has 0 aliphatic rings. The van der Waals surface area contributed by atoms with Gasteiger partial charge in [0.15, 0.2) is 0 Å². The summed E-state index contributed by atoms with van der Waals surface area (Å²) in [5, 5.41) is 4.19. The molecule has 1 aromatic carbocycles. The van der Waals surface area contributed by atoms with Crippen molar-refractivity contribution in [1.29, 1.82) is 0 Å². The lowest BCUT2D eigenvalue weighted by Gasteiger charge is -2.12. The first-order valence-electron chi connectivity index (χ1n) is 6.12. The molecule has 20 heavy (non-hydrogen) atoms. The van der Waals surface area contributed by atoms with E-state index in [9.17, 15) is 8.42 Å². The standard InChI is InChI=1S/C13H18N4O2S/c1-8-11(14)6-5-7-12(8)20(18,19)16-13-9(2)15-17(4)10(13)3/h5-7,16H,14H2,1-4H3. The van der Waals surface area contributed by atoms with Gasteiger partial charge in [0.1, 0.15) is 0 Å². The molecule has 0 fully saturated rings. The summed E-state index contributed by atoms with van der Waals surface area (Å²) in [5.74, 6) is 0. The maximum atomic E-state index is 12.5. The van der Waals surface area contributed by atoms with Crippen molar-refractivity contribution in [1.82, 2.24) is 9.78 Å². The summed E-state index contributed by atoms with van der Waals surface area (Å²) in [4.78, 5) is 0.181. The van der Waals surface area contributed by atoms with E-state index in [0.717, 1.165) is 5.69 Å². The molecule has 7 heteroatoms. The van der Waals surface area contributed by atoms with E-state index in [2.05, 4.69) is 9.82 Å². The first-order chi connectivity index (χ1) is 9.24. The number of hydrogen-bond donors (Lipinski definition) is 2. The number of sulfonamides is 1. The van der Waals surface area contributed by atoms with Crippen LogP contribution in [0.15, 0.2) is 23.1 Å². The highest BCUT2D eigenvalue weighted by atomic mass is 32.2. The third-order valence-corrected chi connectivity index (χ3v) is 4.86. The summed E-state index contributed by atoms with van der Waals surface area (Å²) in [6.45, 7) is 5.26. The van der Waals surface area contributed by atoms with Gasteiger partial charge in [0.05, 0.1) is 22.0 Å². The average molecular weight is 294 g/mol. The average Bonchev–Trinajstić information content (AvgIpc) is 2.59. The number of aromatic nitrogens is 2. The highest BCUT2D eigenvalue weighted by Crippen LogP contribution is 2.26. The van der Waals surface area contributed by atoms with Gasteiger partial charge in [-0.3, -0.25) is 9.40 Å². The van der Waals surface area contributed by atoms with E-state index in [1.807, 2.05) is 6.92 Å². The Kier molecular flexibility index (Phi) is 3.47. The minimum absolute atomic E-state index is 0.181. The second-order valence-corrected chi connectivity index (χ2v) is 6.40. The summed E-state index contributed by atoms with van der Waals surface area (Å²) in [5.41, 5.74) is 8.66. The Morgan fingerprint density at radius 1 is 1.25 bits per heavy atom. The van der Waals surface area contributed by atoms with Crippen molar-refractivity contribution in [2.24, 2.45) is 7.05 Å². The first kappa shape index (κ1) is 14.4. The van der Waals surface area contributed by atoms with Crippen LogP contribution in [0.4, 0.5) is 11.4 Å². The van der Waals surface area contributed by atoms with Crippen LogP contribution < -0.4 is 10.5 Å². The zero-order chi connectivity index (χ0) is 15.1. The molecule has 0 bridgehead atoms. The van der Waals surface area contributed by atoms with Crippen LogP contribution in [0.25, 0.3) is 0 Å². The molecule has 108 valence electrons. The highest BCUT2D eigenvalue weighted by molar-refractivity contribution is 7.92. The van der Waals surface area contributed by atoms with E-state index in [1.165, 1.54) is 6.07 Å². The predicted molar refractivity (Wildman–Crippen MR) is 79.1 cm³/mol. The third kappa shape index (κ3) is 2.36. The molecule has 0 aliphatic heterocycles. The molecule has 0 saturated carbocycles. The topological polar surface area (TPSA) is 90.0 Å². The summed E-state index contributed by atoms with van der Waals surface area (Å²) in [7, 11) is -1.91. The molecular weight excluding hydrogens is 276 g/mol. The van der Waals surface area contributed by atoms with Gasteiger partial charge in [-0.1, -0.05) is 6.07 Å². The highest BCUT2D eigenvalue weighted by Gasteiger charge is 2.21. The van der Waals surface area contributed by atoms with Gasteiger partial charge in [0.25, 0.3) is 10.0 Å². The lowest BCUT2D eigenvalue weighted by Crippen LogP contribution is -2.16. The summed E-state index contributed by atoms with van der Waals surface area (Å²) in [6, 6.07) is 4.84. The van der Waals surface area contributed by atoms with Crippen molar-refractivity contribution >= 4 is 21.4 Å². The van der Waals surface area contributed by atoms with E-state index in [-0.39, 0.29) is 4.90 Å². The number of nitrogen functional groups attached to an aromatic ring is 1. The molecule has 0 spiro atoms. The molecule has 0 radical (unpaired) electrons. The van der Waals surface area contributed by atoms with Crippen LogP contribution in [-0.2, 0) is 17.1 Å². The number of nitrogens with one attached hydrogen (secondary N) is 1. The van der Waals surface area contributed by atoms with Gasteiger partial charge in [0, 0.05) is 12.7 Å². The van der Waals surface area contributed by atoms with Crippen LogP contribution in [0.3, 0.4) is 0 Å². The van der Waals surface area contributed by atoms with E-state index in [4.69, 9.17) is 5.73 Å². The number of anilines is 2. The van der Waals surface area contributed by atoms with Gasteiger partial charge in [-0.15, -0.1) is 0 Å². The zero-order valence-electron chi connectivity index (χ0n) is 11.9. The summed E-state index contributed by atoms with van der Waals surface area (Å²) < 4.78 is 29.2. The summed E-state index contributed by atoms with van der Waals surface area (Å²) >= 11 is 0. The number of aryl methyl sites for hydroxylation is 2. The van der Waals surface area contributed by atoms with Crippen molar-refractivity contribution < 1.29 is 8.42 Å². The van der Waals surface area contributed by atoms with Crippen LogP contribution in [0, 0.1) is 20.8 Å². The van der Waals surface area contributed by atoms with Crippen molar-refractivity contribution in [3.8, 4) is 0 Å². The van der Waals surface area contributed by atoms with E-state index < -0.39 is 10.0 Å². The van der Waals surface area contributed by atoms with Crippen LogP contribution in [-0.4, -0.2) is 18.2 Å². The van der Waals surface area contributed by atoms with Crippen molar-refractivity contribution in [3.63, 3.8) is 0 Å². The first-order valence-corrected chi connectivity index (χ1v) is 7.60.